The molecule has 4 nitrogen and oxygen atoms in total. The maximum absolute atomic E-state index is 12.1. The molecule has 3 rings (SSSR count). The van der Waals surface area contributed by atoms with E-state index in [1.165, 1.54) is 6.42 Å². The van der Waals surface area contributed by atoms with Gasteiger partial charge < -0.3 is 5.32 Å². The third-order valence-electron chi connectivity index (χ3n) is 3.82. The van der Waals surface area contributed by atoms with E-state index in [2.05, 4.69) is 27.7 Å². The molecule has 0 aromatic carbocycles. The third kappa shape index (κ3) is 2.32. The van der Waals surface area contributed by atoms with Gasteiger partial charge in [-0.2, -0.15) is 0 Å². The van der Waals surface area contributed by atoms with Crippen LogP contribution >= 0.6 is 11.3 Å². The van der Waals surface area contributed by atoms with Crippen LogP contribution in [0.5, 0.6) is 0 Å². The Bertz CT molecular complexity index is 482. The highest BCUT2D eigenvalue weighted by Crippen LogP contribution is 2.43. The largest absolute Gasteiger partial charge is 0.355 e. The number of aromatic nitrogens is 2. The Balaban J connectivity index is 1.46. The highest BCUT2D eigenvalue weighted by molar-refractivity contribution is 7.11. The lowest BCUT2D eigenvalue weighted by Crippen LogP contribution is -2.34. The number of rotatable bonds is 4. The lowest BCUT2D eigenvalue weighted by molar-refractivity contribution is -0.125. The topological polar surface area (TPSA) is 54.9 Å². The first kappa shape index (κ1) is 11.8. The summed E-state index contributed by atoms with van der Waals surface area (Å²) < 4.78 is 0. The molecule has 1 N–H and O–H groups in total. The number of hydrogen-bond acceptors (Lipinski definition) is 4. The van der Waals surface area contributed by atoms with Crippen molar-refractivity contribution >= 4 is 17.2 Å². The van der Waals surface area contributed by atoms with Gasteiger partial charge in [0.05, 0.1) is 0 Å². The van der Waals surface area contributed by atoms with Gasteiger partial charge in [0.15, 0.2) is 0 Å². The van der Waals surface area contributed by atoms with E-state index in [0.717, 1.165) is 22.9 Å². The summed E-state index contributed by atoms with van der Waals surface area (Å²) >= 11 is 1.60. The van der Waals surface area contributed by atoms with Gasteiger partial charge in [-0.1, -0.05) is 12.2 Å². The Labute approximate surface area is 111 Å². The van der Waals surface area contributed by atoms with Crippen molar-refractivity contribution in [1.29, 1.82) is 0 Å². The van der Waals surface area contributed by atoms with Crippen molar-refractivity contribution in [3.8, 4) is 0 Å². The number of aryl methyl sites for hydroxylation is 1. The molecule has 1 heterocycles. The zero-order valence-corrected chi connectivity index (χ0v) is 11.2. The predicted octanol–water partition coefficient (Wildman–Crippen LogP) is 1.72. The Morgan fingerprint density at radius 1 is 1.44 bits per heavy atom. The number of carbonyl (C=O) groups excluding carboxylic acids is 1. The van der Waals surface area contributed by atoms with E-state index in [4.69, 9.17) is 0 Å². The average Bonchev–Trinajstić information content (AvgIpc) is 3.05. The zero-order chi connectivity index (χ0) is 12.5. The van der Waals surface area contributed by atoms with E-state index < -0.39 is 0 Å². The summed E-state index contributed by atoms with van der Waals surface area (Å²) in [6, 6.07) is 0. The second-order valence-corrected chi connectivity index (χ2v) is 6.41. The first-order chi connectivity index (χ1) is 8.72. The molecular weight excluding hydrogens is 246 g/mol. The fraction of sp³-hybridized carbons (Fsp3) is 0.615. The van der Waals surface area contributed by atoms with Crippen molar-refractivity contribution in [1.82, 2.24) is 15.5 Å². The molecular formula is C13H17N3OS. The van der Waals surface area contributed by atoms with Gasteiger partial charge in [0.25, 0.3) is 0 Å². The molecule has 1 amide bonds. The van der Waals surface area contributed by atoms with Crippen LogP contribution in [0, 0.1) is 24.7 Å². The molecule has 0 unspecified atom stereocenters. The minimum absolute atomic E-state index is 0.205. The van der Waals surface area contributed by atoms with Crippen LogP contribution in [0.15, 0.2) is 12.2 Å². The molecule has 1 aromatic rings. The minimum atomic E-state index is 0.205. The highest BCUT2D eigenvalue weighted by atomic mass is 32.1. The third-order valence-corrected chi connectivity index (χ3v) is 4.72. The van der Waals surface area contributed by atoms with Crippen molar-refractivity contribution in [2.24, 2.45) is 17.8 Å². The van der Waals surface area contributed by atoms with Gasteiger partial charge in [-0.05, 0) is 31.6 Å². The minimum Gasteiger partial charge on any atom is -0.355 e. The summed E-state index contributed by atoms with van der Waals surface area (Å²) in [5.41, 5.74) is 0. The Morgan fingerprint density at radius 2 is 2.33 bits per heavy atom. The number of nitrogens with zero attached hydrogens (tertiary/aromatic N) is 2. The molecule has 0 saturated heterocycles. The maximum Gasteiger partial charge on any atom is 0.223 e. The van der Waals surface area contributed by atoms with Gasteiger partial charge in [0.1, 0.15) is 10.0 Å². The van der Waals surface area contributed by atoms with Gasteiger partial charge in [-0.25, -0.2) is 0 Å². The second kappa shape index (κ2) is 4.80. The number of amides is 1. The molecule has 96 valence electrons. The lowest BCUT2D eigenvalue weighted by atomic mass is 9.93. The fourth-order valence-electron chi connectivity index (χ4n) is 2.94. The zero-order valence-electron chi connectivity index (χ0n) is 10.4. The van der Waals surface area contributed by atoms with Crippen LogP contribution in [0.1, 0.15) is 22.9 Å². The Kier molecular flexibility index (Phi) is 3.16. The molecule has 0 spiro atoms. The maximum atomic E-state index is 12.1. The first-order valence-corrected chi connectivity index (χ1v) is 7.29. The van der Waals surface area contributed by atoms with E-state index in [-0.39, 0.29) is 11.8 Å². The van der Waals surface area contributed by atoms with Crippen molar-refractivity contribution < 1.29 is 4.79 Å². The Morgan fingerprint density at radius 3 is 2.94 bits per heavy atom. The summed E-state index contributed by atoms with van der Waals surface area (Å²) in [6.45, 7) is 2.62. The first-order valence-electron chi connectivity index (χ1n) is 6.47. The van der Waals surface area contributed by atoms with Gasteiger partial charge >= 0.3 is 0 Å². The van der Waals surface area contributed by atoms with Crippen LogP contribution in [-0.4, -0.2) is 22.6 Å². The van der Waals surface area contributed by atoms with Crippen LogP contribution in [0.3, 0.4) is 0 Å². The van der Waals surface area contributed by atoms with Crippen LogP contribution in [0.2, 0.25) is 0 Å². The normalized spacial score (nSPS) is 28.8. The van der Waals surface area contributed by atoms with E-state index in [1.807, 2.05) is 6.92 Å². The monoisotopic (exact) mass is 263 g/mol. The van der Waals surface area contributed by atoms with Crippen molar-refractivity contribution in [3.63, 3.8) is 0 Å². The van der Waals surface area contributed by atoms with Gasteiger partial charge in [-0.3, -0.25) is 4.79 Å². The van der Waals surface area contributed by atoms with Crippen molar-refractivity contribution in [2.75, 3.05) is 6.54 Å². The van der Waals surface area contributed by atoms with Crippen molar-refractivity contribution in [2.45, 2.75) is 26.2 Å². The van der Waals surface area contributed by atoms with Crippen LogP contribution < -0.4 is 5.32 Å². The molecule has 1 saturated carbocycles. The SMILES string of the molecule is Cc1nnc(CCNC(=O)[C@@H]2C[C@@H]3C=C[C@H]2C3)s1. The van der Waals surface area contributed by atoms with E-state index in [1.54, 1.807) is 11.3 Å². The number of allylic oxidation sites excluding steroid dienone is 2. The van der Waals surface area contributed by atoms with E-state index >= 15 is 0 Å². The molecule has 0 aliphatic heterocycles. The van der Waals surface area contributed by atoms with Crippen molar-refractivity contribution in [3.05, 3.63) is 22.2 Å². The molecule has 3 atom stereocenters. The van der Waals surface area contributed by atoms with Crippen LogP contribution in [0.4, 0.5) is 0 Å². The molecule has 18 heavy (non-hydrogen) atoms. The molecule has 2 aliphatic rings. The molecule has 2 aliphatic carbocycles. The lowest BCUT2D eigenvalue weighted by Gasteiger charge is -2.17. The average molecular weight is 263 g/mol. The summed E-state index contributed by atoms with van der Waals surface area (Å²) in [4.78, 5) is 12.1. The number of hydrogen-bond donors (Lipinski definition) is 1. The summed E-state index contributed by atoms with van der Waals surface area (Å²) in [5.74, 6) is 1.56. The Hall–Kier alpha value is -1.23. The molecule has 2 bridgehead atoms. The van der Waals surface area contributed by atoms with Gasteiger partial charge in [-0.15, -0.1) is 21.5 Å². The standard InChI is InChI=1S/C13H17N3OS/c1-8-15-16-12(18-8)4-5-14-13(17)11-7-9-2-3-10(11)6-9/h2-3,9-11H,4-7H2,1H3,(H,14,17)/t9-,10+,11-/m1/s1. The number of fused-ring (bicyclic) bond motifs is 2. The van der Waals surface area contributed by atoms with Gasteiger partial charge in [0.2, 0.25) is 5.91 Å². The summed E-state index contributed by atoms with van der Waals surface area (Å²) in [5, 5.41) is 13.0. The van der Waals surface area contributed by atoms with E-state index in [0.29, 0.717) is 18.4 Å². The number of nitrogens with one attached hydrogen (secondary N) is 1. The van der Waals surface area contributed by atoms with Crippen LogP contribution in [-0.2, 0) is 11.2 Å². The van der Waals surface area contributed by atoms with Crippen LogP contribution in [0.25, 0.3) is 0 Å². The van der Waals surface area contributed by atoms with E-state index in [9.17, 15) is 4.79 Å². The fourth-order valence-corrected chi connectivity index (χ4v) is 3.65. The molecule has 1 aromatic heterocycles. The molecule has 1 fully saturated rings. The number of carbonyl (C=O) groups is 1. The van der Waals surface area contributed by atoms with Gasteiger partial charge in [0, 0.05) is 18.9 Å². The molecule has 0 radical (unpaired) electrons. The molecule has 5 heteroatoms. The smallest absolute Gasteiger partial charge is 0.223 e. The summed E-state index contributed by atoms with van der Waals surface area (Å²) in [7, 11) is 0. The second-order valence-electron chi connectivity index (χ2n) is 5.14. The summed E-state index contributed by atoms with van der Waals surface area (Å²) in [6.07, 6.45) is 7.47. The quantitative estimate of drug-likeness (QED) is 0.842. The highest BCUT2D eigenvalue weighted by Gasteiger charge is 2.39. The predicted molar refractivity (Wildman–Crippen MR) is 70.2 cm³/mol.